The van der Waals surface area contributed by atoms with Gasteiger partial charge in [0.2, 0.25) is 0 Å². The van der Waals surface area contributed by atoms with E-state index in [9.17, 15) is 4.79 Å². The van der Waals surface area contributed by atoms with E-state index in [1.807, 2.05) is 0 Å². The molecule has 1 aromatic rings. The van der Waals surface area contributed by atoms with Crippen LogP contribution in [0, 0.1) is 6.92 Å². The van der Waals surface area contributed by atoms with Crippen LogP contribution in [0.5, 0.6) is 0 Å². The number of aliphatic hydroxyl groups excluding tert-OH is 1. The molecule has 6 heteroatoms. The molecule has 94 valence electrons. The van der Waals surface area contributed by atoms with Crippen LogP contribution >= 0.6 is 0 Å². The summed E-state index contributed by atoms with van der Waals surface area (Å²) in [6.07, 6.45) is 3.40. The maximum absolute atomic E-state index is 11.8. The number of methoxy groups -OCH3 is 1. The number of carbonyl (C=O) groups is 1. The number of carbonyl (C=O) groups excluding carboxylic acids is 1. The fourth-order valence-electron chi connectivity index (χ4n) is 1.32. The summed E-state index contributed by atoms with van der Waals surface area (Å²) in [6, 6.07) is -0.222. The topological polar surface area (TPSA) is 84.3 Å². The molecule has 0 saturated carbocycles. The first-order valence-corrected chi connectivity index (χ1v) is 5.36. The van der Waals surface area contributed by atoms with E-state index in [-0.39, 0.29) is 24.2 Å². The van der Waals surface area contributed by atoms with Gasteiger partial charge in [-0.2, -0.15) is 0 Å². The Morgan fingerprint density at radius 1 is 1.53 bits per heavy atom. The molecule has 1 unspecified atom stereocenters. The Labute approximate surface area is 100 Å². The molecule has 0 aliphatic rings. The molecule has 0 aliphatic carbocycles. The van der Waals surface area contributed by atoms with E-state index >= 15 is 0 Å². The van der Waals surface area contributed by atoms with Gasteiger partial charge in [-0.3, -0.25) is 9.78 Å². The second-order valence-electron chi connectivity index (χ2n) is 3.68. The minimum Gasteiger partial charge on any atom is -0.396 e. The quantitative estimate of drug-likeness (QED) is 0.725. The van der Waals surface area contributed by atoms with E-state index in [0.717, 1.165) is 5.69 Å². The number of rotatable bonds is 6. The first-order valence-electron chi connectivity index (χ1n) is 5.36. The zero-order valence-corrected chi connectivity index (χ0v) is 10.0. The lowest BCUT2D eigenvalue weighted by molar-refractivity contribution is 0.0873. The molecule has 0 saturated heterocycles. The molecule has 0 fully saturated rings. The number of aromatic nitrogens is 2. The molecule has 0 bridgehead atoms. The van der Waals surface area contributed by atoms with Gasteiger partial charge in [-0.15, -0.1) is 0 Å². The van der Waals surface area contributed by atoms with Crippen molar-refractivity contribution >= 4 is 5.91 Å². The number of hydrogen-bond acceptors (Lipinski definition) is 5. The molecular weight excluding hydrogens is 222 g/mol. The van der Waals surface area contributed by atoms with Crippen molar-refractivity contribution in [3.8, 4) is 0 Å². The first kappa shape index (κ1) is 13.5. The van der Waals surface area contributed by atoms with Gasteiger partial charge in [0.15, 0.2) is 0 Å². The minimum atomic E-state index is -0.312. The highest BCUT2D eigenvalue weighted by Crippen LogP contribution is 1.98. The van der Waals surface area contributed by atoms with Crippen molar-refractivity contribution in [2.24, 2.45) is 0 Å². The van der Waals surface area contributed by atoms with Crippen LogP contribution in [0.2, 0.25) is 0 Å². The van der Waals surface area contributed by atoms with E-state index in [4.69, 9.17) is 9.84 Å². The van der Waals surface area contributed by atoms with Crippen molar-refractivity contribution < 1.29 is 14.6 Å². The fraction of sp³-hybridized carbons (Fsp3) is 0.545. The summed E-state index contributed by atoms with van der Waals surface area (Å²) in [7, 11) is 1.54. The fourth-order valence-corrected chi connectivity index (χ4v) is 1.32. The molecule has 0 radical (unpaired) electrons. The summed E-state index contributed by atoms with van der Waals surface area (Å²) in [5.41, 5.74) is 1.01. The van der Waals surface area contributed by atoms with Crippen molar-refractivity contribution in [2.75, 3.05) is 20.3 Å². The molecule has 1 aromatic heterocycles. The van der Waals surface area contributed by atoms with Crippen LogP contribution in [0.4, 0.5) is 0 Å². The summed E-state index contributed by atoms with van der Waals surface area (Å²) < 4.78 is 4.95. The van der Waals surface area contributed by atoms with Gasteiger partial charge in [-0.1, -0.05) is 0 Å². The zero-order valence-electron chi connectivity index (χ0n) is 10.0. The van der Waals surface area contributed by atoms with Gasteiger partial charge in [-0.25, -0.2) is 4.98 Å². The highest BCUT2D eigenvalue weighted by Gasteiger charge is 2.14. The van der Waals surface area contributed by atoms with Crippen molar-refractivity contribution in [1.82, 2.24) is 15.3 Å². The van der Waals surface area contributed by atoms with Crippen LogP contribution < -0.4 is 5.32 Å². The Bertz CT molecular complexity index is 347. The molecule has 1 heterocycles. The van der Waals surface area contributed by atoms with Crippen molar-refractivity contribution in [3.63, 3.8) is 0 Å². The predicted molar refractivity (Wildman–Crippen MR) is 61.6 cm³/mol. The Morgan fingerprint density at radius 2 is 2.29 bits per heavy atom. The average molecular weight is 239 g/mol. The Kier molecular flexibility index (Phi) is 5.51. The van der Waals surface area contributed by atoms with Gasteiger partial charge in [0, 0.05) is 19.9 Å². The second-order valence-corrected chi connectivity index (χ2v) is 3.68. The van der Waals surface area contributed by atoms with Gasteiger partial charge in [0.25, 0.3) is 5.91 Å². The lowest BCUT2D eigenvalue weighted by Crippen LogP contribution is -2.39. The number of hydrogen-bond donors (Lipinski definition) is 2. The first-order chi connectivity index (χ1) is 8.17. The van der Waals surface area contributed by atoms with E-state index in [1.165, 1.54) is 12.4 Å². The molecule has 1 atom stereocenters. The van der Waals surface area contributed by atoms with Crippen molar-refractivity contribution in [3.05, 3.63) is 23.8 Å². The summed E-state index contributed by atoms with van der Waals surface area (Å²) in [5.74, 6) is -0.312. The predicted octanol–water partition coefficient (Wildman–Crippen LogP) is -0.0878. The number of ether oxygens (including phenoxy) is 1. The Hall–Kier alpha value is -1.53. The van der Waals surface area contributed by atoms with E-state index in [0.29, 0.717) is 13.0 Å². The second kappa shape index (κ2) is 6.93. The summed E-state index contributed by atoms with van der Waals surface area (Å²) in [5, 5.41) is 11.6. The van der Waals surface area contributed by atoms with Crippen LogP contribution in [-0.4, -0.2) is 47.3 Å². The lowest BCUT2D eigenvalue weighted by atomic mass is 10.2. The highest BCUT2D eigenvalue weighted by atomic mass is 16.5. The van der Waals surface area contributed by atoms with E-state index in [2.05, 4.69) is 15.3 Å². The number of nitrogens with zero attached hydrogens (tertiary/aromatic N) is 2. The monoisotopic (exact) mass is 239 g/mol. The van der Waals surface area contributed by atoms with Gasteiger partial charge < -0.3 is 15.2 Å². The van der Waals surface area contributed by atoms with E-state index < -0.39 is 0 Å². The molecule has 0 aromatic carbocycles. The largest absolute Gasteiger partial charge is 0.396 e. The number of aliphatic hydroxyl groups is 1. The summed E-state index contributed by atoms with van der Waals surface area (Å²) >= 11 is 0. The average Bonchev–Trinajstić information content (AvgIpc) is 2.30. The van der Waals surface area contributed by atoms with Crippen LogP contribution in [0.1, 0.15) is 22.6 Å². The lowest BCUT2D eigenvalue weighted by Gasteiger charge is -2.16. The molecule has 1 amide bonds. The smallest absolute Gasteiger partial charge is 0.271 e. The van der Waals surface area contributed by atoms with Crippen LogP contribution in [-0.2, 0) is 4.74 Å². The highest BCUT2D eigenvalue weighted by molar-refractivity contribution is 5.92. The number of amides is 1. The number of aryl methyl sites for hydroxylation is 1. The van der Waals surface area contributed by atoms with E-state index in [1.54, 1.807) is 14.0 Å². The third-order valence-corrected chi connectivity index (χ3v) is 2.19. The molecule has 6 nitrogen and oxygen atoms in total. The molecule has 17 heavy (non-hydrogen) atoms. The normalized spacial score (nSPS) is 12.2. The number of nitrogens with one attached hydrogen (secondary N) is 1. The SMILES string of the molecule is COCC(CCO)NC(=O)c1cnc(C)cn1. The zero-order chi connectivity index (χ0) is 12.7. The Morgan fingerprint density at radius 3 is 2.82 bits per heavy atom. The van der Waals surface area contributed by atoms with Gasteiger partial charge in [0.1, 0.15) is 5.69 Å². The van der Waals surface area contributed by atoms with Crippen LogP contribution in [0.15, 0.2) is 12.4 Å². The van der Waals surface area contributed by atoms with Crippen LogP contribution in [0.3, 0.4) is 0 Å². The minimum absolute atomic E-state index is 0.00607. The summed E-state index contributed by atoms with van der Waals surface area (Å²) in [6.45, 7) is 2.15. The van der Waals surface area contributed by atoms with Crippen molar-refractivity contribution in [1.29, 1.82) is 0 Å². The summed E-state index contributed by atoms with van der Waals surface area (Å²) in [4.78, 5) is 19.7. The van der Waals surface area contributed by atoms with Gasteiger partial charge >= 0.3 is 0 Å². The molecule has 0 aliphatic heterocycles. The third-order valence-electron chi connectivity index (χ3n) is 2.19. The molecule has 2 N–H and O–H groups in total. The third kappa shape index (κ3) is 4.46. The van der Waals surface area contributed by atoms with Crippen LogP contribution in [0.25, 0.3) is 0 Å². The molecular formula is C11H17N3O3. The molecule has 1 rings (SSSR count). The van der Waals surface area contributed by atoms with Crippen molar-refractivity contribution in [2.45, 2.75) is 19.4 Å². The standard InChI is InChI=1S/C11H17N3O3/c1-8-5-13-10(6-12-8)11(16)14-9(3-4-15)7-17-2/h5-6,9,15H,3-4,7H2,1-2H3,(H,14,16). The maximum atomic E-state index is 11.8. The van der Waals surface area contributed by atoms with Gasteiger partial charge in [0.05, 0.1) is 24.5 Å². The Balaban J connectivity index is 2.60. The maximum Gasteiger partial charge on any atom is 0.271 e. The molecule has 0 spiro atoms. The van der Waals surface area contributed by atoms with Gasteiger partial charge in [-0.05, 0) is 13.3 Å².